The Hall–Kier alpha value is -1.08. The molecule has 3 rings (SSSR count). The second-order valence-electron chi connectivity index (χ2n) is 5.97. The Morgan fingerprint density at radius 1 is 1.46 bits per heavy atom. The Labute approximate surface area is 158 Å². The molecule has 24 heavy (non-hydrogen) atoms. The number of likely N-dealkylation sites (tertiary alicyclic amines) is 1. The lowest BCUT2D eigenvalue weighted by Crippen LogP contribution is -2.51. The molecule has 1 saturated heterocycles. The van der Waals surface area contributed by atoms with Crippen LogP contribution in [0.25, 0.3) is 11.3 Å². The average Bonchev–Trinajstić information content (AvgIpc) is 3.15. The van der Waals surface area contributed by atoms with Crippen molar-refractivity contribution in [2.75, 3.05) is 6.54 Å². The van der Waals surface area contributed by atoms with Gasteiger partial charge in [-0.05, 0) is 39.2 Å². The molecular formula is C16H24Cl2N4OS. The largest absolute Gasteiger partial charge is 0.357 e. The van der Waals surface area contributed by atoms with E-state index in [4.69, 9.17) is 5.73 Å². The molecule has 3 N–H and O–H groups in total. The van der Waals surface area contributed by atoms with E-state index < -0.39 is 0 Å². The quantitative estimate of drug-likeness (QED) is 0.839. The van der Waals surface area contributed by atoms with E-state index in [-0.39, 0.29) is 42.8 Å². The van der Waals surface area contributed by atoms with E-state index >= 15 is 0 Å². The summed E-state index contributed by atoms with van der Waals surface area (Å²) >= 11 is 1.61. The third-order valence-electron chi connectivity index (χ3n) is 4.25. The zero-order valence-electron chi connectivity index (χ0n) is 13.8. The fourth-order valence-corrected chi connectivity index (χ4v) is 3.69. The number of rotatable bonds is 3. The standard InChI is InChI=1S/C16H22N4OS.2ClH/c1-10(17)15-5-3-4-6-20(15)16(21)13-7-12(8-18-13)14-9-22-11(2)19-14;;/h7-10,15,18H,3-6,17H2,1-2H3;2*1H. The van der Waals surface area contributed by atoms with Gasteiger partial charge in [0.2, 0.25) is 0 Å². The van der Waals surface area contributed by atoms with Crippen molar-refractivity contribution in [3.63, 3.8) is 0 Å². The third-order valence-corrected chi connectivity index (χ3v) is 5.02. The number of aromatic nitrogens is 2. The van der Waals surface area contributed by atoms with Gasteiger partial charge in [0.25, 0.3) is 5.91 Å². The van der Waals surface area contributed by atoms with Crippen molar-refractivity contribution in [3.8, 4) is 11.3 Å². The van der Waals surface area contributed by atoms with Crippen LogP contribution >= 0.6 is 36.2 Å². The van der Waals surface area contributed by atoms with E-state index in [9.17, 15) is 4.79 Å². The zero-order valence-corrected chi connectivity index (χ0v) is 16.3. The number of piperidine rings is 1. The van der Waals surface area contributed by atoms with Crippen molar-refractivity contribution in [2.24, 2.45) is 5.73 Å². The maximum atomic E-state index is 12.8. The van der Waals surface area contributed by atoms with Gasteiger partial charge in [0, 0.05) is 35.8 Å². The molecule has 8 heteroatoms. The number of amides is 1. The highest BCUT2D eigenvalue weighted by molar-refractivity contribution is 7.09. The van der Waals surface area contributed by atoms with E-state index in [1.54, 1.807) is 11.3 Å². The summed E-state index contributed by atoms with van der Waals surface area (Å²) in [6, 6.07) is 2.03. The second-order valence-corrected chi connectivity index (χ2v) is 7.04. The van der Waals surface area contributed by atoms with E-state index in [1.165, 1.54) is 0 Å². The lowest BCUT2D eigenvalue weighted by molar-refractivity contribution is 0.0578. The van der Waals surface area contributed by atoms with Crippen LogP contribution in [0, 0.1) is 6.92 Å². The Morgan fingerprint density at radius 3 is 2.83 bits per heavy atom. The molecule has 2 aromatic rings. The molecule has 0 bridgehead atoms. The molecule has 0 radical (unpaired) electrons. The number of carbonyl (C=O) groups excluding carboxylic acids is 1. The lowest BCUT2D eigenvalue weighted by atomic mass is 9.96. The first kappa shape index (κ1) is 21.0. The first-order valence-corrected chi connectivity index (χ1v) is 8.61. The number of carbonyl (C=O) groups is 1. The fraction of sp³-hybridized carbons (Fsp3) is 0.500. The molecule has 1 amide bonds. The highest BCUT2D eigenvalue weighted by Gasteiger charge is 2.30. The maximum absolute atomic E-state index is 12.8. The maximum Gasteiger partial charge on any atom is 0.270 e. The van der Waals surface area contributed by atoms with E-state index in [0.29, 0.717) is 5.69 Å². The van der Waals surface area contributed by atoms with Crippen LogP contribution in [0.5, 0.6) is 0 Å². The number of aryl methyl sites for hydroxylation is 1. The average molecular weight is 391 g/mol. The smallest absolute Gasteiger partial charge is 0.270 e. The molecule has 0 aliphatic carbocycles. The van der Waals surface area contributed by atoms with Crippen LogP contribution in [0.2, 0.25) is 0 Å². The highest BCUT2D eigenvalue weighted by atomic mass is 35.5. The molecule has 3 heterocycles. The van der Waals surface area contributed by atoms with Gasteiger partial charge in [-0.1, -0.05) is 0 Å². The number of nitrogens with two attached hydrogens (primary N) is 1. The minimum Gasteiger partial charge on any atom is -0.357 e. The molecule has 0 spiro atoms. The summed E-state index contributed by atoms with van der Waals surface area (Å²) in [7, 11) is 0. The normalized spacial score (nSPS) is 18.5. The third kappa shape index (κ3) is 4.30. The van der Waals surface area contributed by atoms with Crippen molar-refractivity contribution in [3.05, 3.63) is 28.3 Å². The Bertz CT molecular complexity index is 671. The summed E-state index contributed by atoms with van der Waals surface area (Å²) in [6.07, 6.45) is 5.03. The van der Waals surface area contributed by atoms with Gasteiger partial charge in [-0.25, -0.2) is 4.98 Å². The first-order valence-electron chi connectivity index (χ1n) is 7.73. The molecule has 5 nitrogen and oxygen atoms in total. The number of H-pyrrole nitrogens is 1. The SMILES string of the molecule is Cc1nc(-c2c[nH]c(C(=O)N3CCCCC3C(C)N)c2)cs1.Cl.Cl. The lowest BCUT2D eigenvalue weighted by Gasteiger charge is -2.37. The van der Waals surface area contributed by atoms with Gasteiger partial charge < -0.3 is 15.6 Å². The van der Waals surface area contributed by atoms with Crippen molar-refractivity contribution >= 4 is 42.1 Å². The molecule has 0 aromatic carbocycles. The van der Waals surface area contributed by atoms with Gasteiger partial charge in [0.1, 0.15) is 5.69 Å². The van der Waals surface area contributed by atoms with Crippen LogP contribution in [-0.2, 0) is 0 Å². The highest BCUT2D eigenvalue weighted by Crippen LogP contribution is 2.25. The molecule has 1 aliphatic heterocycles. The van der Waals surface area contributed by atoms with Crippen molar-refractivity contribution in [2.45, 2.75) is 45.2 Å². The minimum atomic E-state index is -0.000118. The van der Waals surface area contributed by atoms with Gasteiger partial charge in [-0.2, -0.15) is 0 Å². The molecule has 0 saturated carbocycles. The van der Waals surface area contributed by atoms with Crippen LogP contribution in [0.3, 0.4) is 0 Å². The van der Waals surface area contributed by atoms with Crippen LogP contribution in [0.15, 0.2) is 17.6 Å². The minimum absolute atomic E-state index is 0. The number of thiazole rings is 1. The molecule has 2 atom stereocenters. The number of halogens is 2. The Morgan fingerprint density at radius 2 is 2.21 bits per heavy atom. The monoisotopic (exact) mass is 390 g/mol. The summed E-state index contributed by atoms with van der Waals surface area (Å²) in [5.41, 5.74) is 8.56. The number of hydrogen-bond acceptors (Lipinski definition) is 4. The van der Waals surface area contributed by atoms with E-state index in [2.05, 4.69) is 9.97 Å². The summed E-state index contributed by atoms with van der Waals surface area (Å²) in [6.45, 7) is 4.75. The van der Waals surface area contributed by atoms with Gasteiger partial charge in [-0.15, -0.1) is 36.2 Å². The predicted octanol–water partition coefficient (Wildman–Crippen LogP) is 3.63. The molecule has 1 aliphatic rings. The molecule has 2 aromatic heterocycles. The van der Waals surface area contributed by atoms with Gasteiger partial charge >= 0.3 is 0 Å². The number of hydrogen-bond donors (Lipinski definition) is 2. The molecule has 1 fully saturated rings. The zero-order chi connectivity index (χ0) is 15.7. The van der Waals surface area contributed by atoms with Crippen LogP contribution in [0.1, 0.15) is 41.7 Å². The first-order chi connectivity index (χ1) is 10.6. The predicted molar refractivity (Wildman–Crippen MR) is 103 cm³/mol. The topological polar surface area (TPSA) is 75.0 Å². The summed E-state index contributed by atoms with van der Waals surface area (Å²) in [4.78, 5) is 22.3. The van der Waals surface area contributed by atoms with Gasteiger partial charge in [0.05, 0.1) is 10.7 Å². The van der Waals surface area contributed by atoms with Crippen molar-refractivity contribution in [1.82, 2.24) is 14.9 Å². The summed E-state index contributed by atoms with van der Waals surface area (Å²) < 4.78 is 0. The molecular weight excluding hydrogens is 367 g/mol. The molecule has 134 valence electrons. The van der Waals surface area contributed by atoms with Gasteiger partial charge in [-0.3, -0.25) is 4.79 Å². The summed E-state index contributed by atoms with van der Waals surface area (Å²) in [5.74, 6) is 0.0419. The fourth-order valence-electron chi connectivity index (χ4n) is 3.07. The second kappa shape index (κ2) is 8.85. The summed E-state index contributed by atoms with van der Waals surface area (Å²) in [5, 5.41) is 3.04. The molecule has 2 unspecified atom stereocenters. The number of aromatic amines is 1. The van der Waals surface area contributed by atoms with Crippen LogP contribution in [0.4, 0.5) is 0 Å². The van der Waals surface area contributed by atoms with Crippen LogP contribution in [-0.4, -0.2) is 39.4 Å². The van der Waals surface area contributed by atoms with Crippen molar-refractivity contribution < 1.29 is 4.79 Å². The van der Waals surface area contributed by atoms with Crippen molar-refractivity contribution in [1.29, 1.82) is 0 Å². The Balaban J connectivity index is 0.00000144. The van der Waals surface area contributed by atoms with Gasteiger partial charge in [0.15, 0.2) is 0 Å². The van der Waals surface area contributed by atoms with Crippen LogP contribution < -0.4 is 5.73 Å². The van der Waals surface area contributed by atoms with E-state index in [0.717, 1.165) is 42.1 Å². The number of nitrogens with zero attached hydrogens (tertiary/aromatic N) is 2. The van der Waals surface area contributed by atoms with E-state index in [1.807, 2.05) is 36.4 Å². The Kier molecular flexibility index (Phi) is 7.73. The number of nitrogens with one attached hydrogen (secondary N) is 1.